The molecule has 1 amide bonds. The third-order valence-electron chi connectivity index (χ3n) is 5.04. The molecular formula is C22H26F2N3O4S+. The highest BCUT2D eigenvalue weighted by Crippen LogP contribution is 2.33. The van der Waals surface area contributed by atoms with Crippen LogP contribution in [0.4, 0.5) is 8.78 Å². The molecule has 3 rings (SSSR count). The second-order valence-electron chi connectivity index (χ2n) is 7.38. The van der Waals surface area contributed by atoms with Crippen molar-refractivity contribution in [2.45, 2.75) is 31.8 Å². The van der Waals surface area contributed by atoms with E-state index < -0.39 is 28.8 Å². The molecule has 1 aromatic carbocycles. The zero-order valence-corrected chi connectivity index (χ0v) is 18.6. The van der Waals surface area contributed by atoms with Crippen LogP contribution in [0.2, 0.25) is 0 Å². The maximum absolute atomic E-state index is 14.8. The lowest BCUT2D eigenvalue weighted by atomic mass is 10.0. The molecule has 1 saturated carbocycles. The molecule has 1 unspecified atom stereocenters. The van der Waals surface area contributed by atoms with E-state index in [1.54, 1.807) is 18.3 Å². The van der Waals surface area contributed by atoms with Crippen LogP contribution in [0.3, 0.4) is 0 Å². The number of amides is 1. The summed E-state index contributed by atoms with van der Waals surface area (Å²) < 4.78 is 53.2. The Bertz CT molecular complexity index is 989. The summed E-state index contributed by atoms with van der Waals surface area (Å²) in [6.45, 7) is -0.246. The number of rotatable bonds is 10. The SMILES string of the molecule is COS(=O)N(CC=Cc1c(F)cc(-c2cccnc2OC2CCCC2)cc1F)CC([NH3+])=O. The number of halogens is 2. The van der Waals surface area contributed by atoms with Crippen molar-refractivity contribution in [2.24, 2.45) is 0 Å². The number of pyridine rings is 1. The highest BCUT2D eigenvalue weighted by molar-refractivity contribution is 7.77. The Labute approximate surface area is 188 Å². The molecule has 1 heterocycles. The van der Waals surface area contributed by atoms with Crippen molar-refractivity contribution in [3.05, 3.63) is 53.7 Å². The molecule has 1 fully saturated rings. The van der Waals surface area contributed by atoms with Crippen LogP contribution in [0.1, 0.15) is 31.2 Å². The number of hydrogen-bond acceptors (Lipinski definition) is 5. The first-order valence-corrected chi connectivity index (χ1v) is 11.3. The molecule has 32 heavy (non-hydrogen) atoms. The van der Waals surface area contributed by atoms with Crippen molar-refractivity contribution in [3.63, 3.8) is 0 Å². The summed E-state index contributed by atoms with van der Waals surface area (Å²) >= 11 is -1.87. The Hall–Kier alpha value is -2.53. The summed E-state index contributed by atoms with van der Waals surface area (Å²) in [4.78, 5) is 15.5. The van der Waals surface area contributed by atoms with Crippen LogP contribution >= 0.6 is 0 Å². The Morgan fingerprint density at radius 1 is 1.31 bits per heavy atom. The van der Waals surface area contributed by atoms with Gasteiger partial charge < -0.3 is 4.74 Å². The number of hydrogen-bond donors (Lipinski definition) is 1. The number of quaternary nitrogens is 1. The lowest BCUT2D eigenvalue weighted by Crippen LogP contribution is -2.61. The molecule has 10 heteroatoms. The maximum atomic E-state index is 14.8. The largest absolute Gasteiger partial charge is 0.474 e. The average Bonchev–Trinajstić information content (AvgIpc) is 3.27. The van der Waals surface area contributed by atoms with Crippen LogP contribution in [0, 0.1) is 11.6 Å². The van der Waals surface area contributed by atoms with Crippen molar-refractivity contribution in [1.82, 2.24) is 9.29 Å². The van der Waals surface area contributed by atoms with Crippen LogP contribution in [0.5, 0.6) is 5.88 Å². The molecule has 0 radical (unpaired) electrons. The van der Waals surface area contributed by atoms with Crippen molar-refractivity contribution < 1.29 is 32.4 Å². The lowest BCUT2D eigenvalue weighted by Gasteiger charge is -2.16. The van der Waals surface area contributed by atoms with Crippen molar-refractivity contribution in [2.75, 3.05) is 20.2 Å². The minimum absolute atomic E-state index is 0.0235. The quantitative estimate of drug-likeness (QED) is 0.581. The second-order valence-corrected chi connectivity index (χ2v) is 8.67. The van der Waals surface area contributed by atoms with Gasteiger partial charge in [-0.15, -0.1) is 0 Å². The summed E-state index contributed by atoms with van der Waals surface area (Å²) in [5, 5.41) is 0. The number of ether oxygens (including phenoxy) is 1. The first-order chi connectivity index (χ1) is 15.4. The molecule has 172 valence electrons. The fourth-order valence-electron chi connectivity index (χ4n) is 3.54. The van der Waals surface area contributed by atoms with Crippen LogP contribution in [-0.2, 0) is 20.2 Å². The van der Waals surface area contributed by atoms with E-state index in [1.807, 2.05) is 0 Å². The van der Waals surface area contributed by atoms with Gasteiger partial charge in [-0.05, 0) is 55.5 Å². The third kappa shape index (κ3) is 6.26. The number of benzene rings is 1. The molecule has 2 aromatic rings. The Morgan fingerprint density at radius 3 is 2.62 bits per heavy atom. The van der Waals surface area contributed by atoms with Crippen LogP contribution in [0.15, 0.2) is 36.5 Å². The van der Waals surface area contributed by atoms with Gasteiger partial charge in [0.05, 0.1) is 7.11 Å². The van der Waals surface area contributed by atoms with Gasteiger partial charge in [0.1, 0.15) is 24.3 Å². The smallest absolute Gasteiger partial charge is 0.324 e. The average molecular weight is 467 g/mol. The number of nitrogens with zero attached hydrogens (tertiary/aromatic N) is 2. The van der Waals surface area contributed by atoms with E-state index in [9.17, 15) is 17.8 Å². The molecule has 1 aliphatic rings. The van der Waals surface area contributed by atoms with E-state index in [2.05, 4.69) is 10.7 Å². The molecule has 3 N–H and O–H groups in total. The second kappa shape index (κ2) is 11.4. The topological polar surface area (TPSA) is 96.4 Å². The van der Waals surface area contributed by atoms with Gasteiger partial charge in [-0.25, -0.2) is 22.8 Å². The van der Waals surface area contributed by atoms with Gasteiger partial charge in [0, 0.05) is 23.9 Å². The van der Waals surface area contributed by atoms with Gasteiger partial charge in [-0.1, -0.05) is 12.2 Å². The minimum Gasteiger partial charge on any atom is -0.474 e. The number of aromatic nitrogens is 1. The van der Waals surface area contributed by atoms with Gasteiger partial charge in [-0.3, -0.25) is 9.92 Å². The Kier molecular flexibility index (Phi) is 8.57. The van der Waals surface area contributed by atoms with Crippen LogP contribution in [0.25, 0.3) is 17.2 Å². The summed E-state index contributed by atoms with van der Waals surface area (Å²) in [7, 11) is 1.22. The minimum atomic E-state index is -1.87. The van der Waals surface area contributed by atoms with Gasteiger partial charge >= 0.3 is 5.91 Å². The zero-order chi connectivity index (χ0) is 23.1. The summed E-state index contributed by atoms with van der Waals surface area (Å²) in [5.41, 5.74) is 3.83. The van der Waals surface area contributed by atoms with Gasteiger partial charge in [-0.2, -0.15) is 4.31 Å². The van der Waals surface area contributed by atoms with Crippen molar-refractivity contribution in [3.8, 4) is 17.0 Å². The third-order valence-corrected chi connectivity index (χ3v) is 6.03. The fraction of sp³-hybridized carbons (Fsp3) is 0.364. The van der Waals surface area contributed by atoms with E-state index in [0.29, 0.717) is 17.0 Å². The Balaban J connectivity index is 1.80. The van der Waals surface area contributed by atoms with Crippen molar-refractivity contribution >= 4 is 23.2 Å². The van der Waals surface area contributed by atoms with Crippen LogP contribution < -0.4 is 10.5 Å². The zero-order valence-electron chi connectivity index (χ0n) is 17.8. The first kappa shape index (κ1) is 24.1. The molecule has 0 spiro atoms. The summed E-state index contributed by atoms with van der Waals surface area (Å²) in [6.07, 6.45) is 8.35. The monoisotopic (exact) mass is 466 g/mol. The van der Waals surface area contributed by atoms with Gasteiger partial charge in [0.25, 0.3) is 0 Å². The molecule has 7 nitrogen and oxygen atoms in total. The van der Waals surface area contributed by atoms with E-state index in [1.165, 1.54) is 35.7 Å². The van der Waals surface area contributed by atoms with Crippen molar-refractivity contribution in [1.29, 1.82) is 0 Å². The van der Waals surface area contributed by atoms with Gasteiger partial charge in [0.2, 0.25) is 17.1 Å². The molecule has 0 aliphatic heterocycles. The molecule has 1 atom stereocenters. The van der Waals surface area contributed by atoms with Gasteiger partial charge in [0.15, 0.2) is 0 Å². The maximum Gasteiger partial charge on any atom is 0.324 e. The predicted octanol–water partition coefficient (Wildman–Crippen LogP) is 2.66. The molecule has 1 aliphatic carbocycles. The summed E-state index contributed by atoms with van der Waals surface area (Å²) in [5.74, 6) is -1.63. The highest BCUT2D eigenvalue weighted by atomic mass is 32.2. The van der Waals surface area contributed by atoms with E-state index >= 15 is 0 Å². The number of carbonyl (C=O) groups excluding carboxylic acids is 1. The standard InChI is InChI=1S/C22H25F2N3O4S/c1-30-32(29)27(14-21(25)28)11-5-9-18-19(23)12-15(13-20(18)24)17-8-4-10-26-22(17)31-16-6-2-3-7-16/h4-5,8-10,12-13,16H,2-3,6-7,11,14H2,1H3,(H2,25,28)/p+1. The molecule has 0 bridgehead atoms. The first-order valence-electron chi connectivity index (χ1n) is 10.2. The predicted molar refractivity (Wildman–Crippen MR) is 116 cm³/mol. The van der Waals surface area contributed by atoms with Crippen LogP contribution in [-0.4, -0.2) is 45.7 Å². The lowest BCUT2D eigenvalue weighted by molar-refractivity contribution is -0.305. The fourth-order valence-corrected chi connectivity index (χ4v) is 4.20. The van der Waals surface area contributed by atoms with E-state index in [-0.39, 0.29) is 24.8 Å². The molecule has 0 saturated heterocycles. The van der Waals surface area contributed by atoms with E-state index in [0.717, 1.165) is 25.7 Å². The molecule has 1 aromatic heterocycles. The summed E-state index contributed by atoms with van der Waals surface area (Å²) in [6, 6.07) is 5.86. The Morgan fingerprint density at radius 2 is 2.00 bits per heavy atom. The number of carbonyl (C=O) groups is 1. The highest BCUT2D eigenvalue weighted by Gasteiger charge is 2.20. The normalized spacial score (nSPS) is 15.5. The molecular weight excluding hydrogens is 440 g/mol. The van der Waals surface area contributed by atoms with E-state index in [4.69, 9.17) is 8.92 Å².